The average Bonchev–Trinajstić information content (AvgIpc) is 2.47. The van der Waals surface area contributed by atoms with Gasteiger partial charge in [-0.15, -0.1) is 0 Å². The van der Waals surface area contributed by atoms with Crippen molar-refractivity contribution >= 4 is 5.52 Å². The van der Waals surface area contributed by atoms with Crippen LogP contribution in [-0.2, 0) is 0 Å². The largest absolute Gasteiger partial charge is 0.324 e. The zero-order valence-electron chi connectivity index (χ0n) is 7.86. The van der Waals surface area contributed by atoms with E-state index in [1.54, 1.807) is 0 Å². The van der Waals surface area contributed by atoms with E-state index in [0.29, 0.717) is 0 Å². The molecule has 0 spiro atoms. The molecule has 13 heavy (non-hydrogen) atoms. The van der Waals surface area contributed by atoms with Crippen LogP contribution in [0, 0.1) is 6.92 Å². The number of hydrogen-bond acceptors (Lipinski definition) is 2. The summed E-state index contributed by atoms with van der Waals surface area (Å²) >= 11 is 0. The highest BCUT2D eigenvalue weighted by Crippen LogP contribution is 2.13. The van der Waals surface area contributed by atoms with Crippen molar-refractivity contribution < 1.29 is 0 Å². The van der Waals surface area contributed by atoms with Gasteiger partial charge in [0.2, 0.25) is 0 Å². The highest BCUT2D eigenvalue weighted by atomic mass is 15.0. The van der Waals surface area contributed by atoms with Gasteiger partial charge < -0.3 is 10.1 Å². The molecule has 2 aromatic rings. The van der Waals surface area contributed by atoms with Crippen molar-refractivity contribution in [3.8, 4) is 0 Å². The molecule has 0 bridgehead atoms. The van der Waals surface area contributed by atoms with Gasteiger partial charge in [0.25, 0.3) is 0 Å². The molecule has 2 heterocycles. The van der Waals surface area contributed by atoms with Gasteiger partial charge in [-0.25, -0.2) is 4.98 Å². The van der Waals surface area contributed by atoms with Crippen LogP contribution in [0.1, 0.15) is 24.4 Å². The smallest absolute Gasteiger partial charge is 0.110 e. The molecule has 0 radical (unpaired) electrons. The lowest BCUT2D eigenvalue weighted by atomic mass is 10.1. The first-order chi connectivity index (χ1) is 6.18. The summed E-state index contributed by atoms with van der Waals surface area (Å²) in [4.78, 5) is 4.22. The number of imidazole rings is 1. The SMILES string of the molecule is Cc1ncc2ccc(C(C)N)cn12. The first kappa shape index (κ1) is 8.26. The van der Waals surface area contributed by atoms with Crippen molar-refractivity contribution in [1.29, 1.82) is 0 Å². The molecule has 1 atom stereocenters. The fraction of sp³-hybridized carbons (Fsp3) is 0.300. The summed E-state index contributed by atoms with van der Waals surface area (Å²) in [6, 6.07) is 4.16. The second-order valence-corrected chi connectivity index (χ2v) is 3.35. The maximum absolute atomic E-state index is 5.79. The molecular weight excluding hydrogens is 162 g/mol. The number of aryl methyl sites for hydroxylation is 1. The first-order valence-corrected chi connectivity index (χ1v) is 4.37. The van der Waals surface area contributed by atoms with Crippen molar-refractivity contribution in [3.63, 3.8) is 0 Å². The van der Waals surface area contributed by atoms with Gasteiger partial charge in [0, 0.05) is 12.2 Å². The Hall–Kier alpha value is -1.35. The van der Waals surface area contributed by atoms with Gasteiger partial charge in [-0.3, -0.25) is 0 Å². The third kappa shape index (κ3) is 1.31. The Balaban J connectivity index is 2.66. The second kappa shape index (κ2) is 2.85. The molecule has 68 valence electrons. The monoisotopic (exact) mass is 175 g/mol. The average molecular weight is 175 g/mol. The molecule has 1 unspecified atom stereocenters. The van der Waals surface area contributed by atoms with Crippen molar-refractivity contribution in [2.24, 2.45) is 5.73 Å². The minimum atomic E-state index is 0.0752. The number of pyridine rings is 1. The molecule has 0 saturated heterocycles. The van der Waals surface area contributed by atoms with E-state index >= 15 is 0 Å². The van der Waals surface area contributed by atoms with Gasteiger partial charge in [-0.05, 0) is 25.5 Å². The summed E-state index contributed by atoms with van der Waals surface area (Å²) in [5, 5.41) is 0. The number of fused-ring (bicyclic) bond motifs is 1. The Labute approximate surface area is 77.2 Å². The van der Waals surface area contributed by atoms with E-state index in [1.807, 2.05) is 38.4 Å². The minimum Gasteiger partial charge on any atom is -0.324 e. The summed E-state index contributed by atoms with van der Waals surface area (Å²) in [6.07, 6.45) is 3.91. The van der Waals surface area contributed by atoms with Crippen LogP contribution in [-0.4, -0.2) is 9.38 Å². The predicted molar refractivity (Wildman–Crippen MR) is 52.5 cm³/mol. The van der Waals surface area contributed by atoms with Crippen molar-refractivity contribution in [2.45, 2.75) is 19.9 Å². The predicted octanol–water partition coefficient (Wildman–Crippen LogP) is 1.66. The molecule has 3 heteroatoms. The third-order valence-corrected chi connectivity index (χ3v) is 2.26. The maximum Gasteiger partial charge on any atom is 0.110 e. The maximum atomic E-state index is 5.79. The van der Waals surface area contributed by atoms with Crippen LogP contribution in [0.4, 0.5) is 0 Å². The fourth-order valence-electron chi connectivity index (χ4n) is 1.41. The Bertz CT molecular complexity index is 429. The van der Waals surface area contributed by atoms with E-state index < -0.39 is 0 Å². The van der Waals surface area contributed by atoms with E-state index in [9.17, 15) is 0 Å². The Morgan fingerprint density at radius 2 is 2.23 bits per heavy atom. The molecular formula is C10H13N3. The third-order valence-electron chi connectivity index (χ3n) is 2.26. The lowest BCUT2D eigenvalue weighted by molar-refractivity contribution is 0.806. The van der Waals surface area contributed by atoms with Crippen molar-refractivity contribution in [2.75, 3.05) is 0 Å². The van der Waals surface area contributed by atoms with E-state index in [0.717, 1.165) is 16.9 Å². The Morgan fingerprint density at radius 3 is 2.92 bits per heavy atom. The normalized spacial score (nSPS) is 13.5. The number of nitrogens with two attached hydrogens (primary N) is 1. The Morgan fingerprint density at radius 1 is 1.46 bits per heavy atom. The molecule has 0 aliphatic carbocycles. The summed E-state index contributed by atoms with van der Waals surface area (Å²) in [5.41, 5.74) is 8.04. The quantitative estimate of drug-likeness (QED) is 0.716. The van der Waals surface area contributed by atoms with Crippen molar-refractivity contribution in [1.82, 2.24) is 9.38 Å². The van der Waals surface area contributed by atoms with Crippen LogP contribution in [0.15, 0.2) is 24.5 Å². The molecule has 0 saturated carbocycles. The second-order valence-electron chi connectivity index (χ2n) is 3.35. The van der Waals surface area contributed by atoms with Gasteiger partial charge in [0.15, 0.2) is 0 Å². The van der Waals surface area contributed by atoms with E-state index in [4.69, 9.17) is 5.73 Å². The topological polar surface area (TPSA) is 43.3 Å². The number of nitrogens with zero attached hydrogens (tertiary/aromatic N) is 2. The van der Waals surface area contributed by atoms with Crippen LogP contribution in [0.25, 0.3) is 5.52 Å². The molecule has 0 aliphatic rings. The number of hydrogen-bond donors (Lipinski definition) is 1. The highest BCUT2D eigenvalue weighted by molar-refractivity contribution is 5.47. The van der Waals surface area contributed by atoms with Crippen LogP contribution >= 0.6 is 0 Å². The van der Waals surface area contributed by atoms with E-state index in [-0.39, 0.29) is 6.04 Å². The summed E-state index contributed by atoms with van der Waals surface area (Å²) < 4.78 is 2.05. The zero-order chi connectivity index (χ0) is 9.42. The standard InChI is InChI=1S/C10H13N3/c1-7(11)9-3-4-10-5-12-8(2)13(10)6-9/h3-7H,11H2,1-2H3. The molecule has 3 nitrogen and oxygen atoms in total. The fourth-order valence-corrected chi connectivity index (χ4v) is 1.41. The molecule has 2 aromatic heterocycles. The van der Waals surface area contributed by atoms with Crippen LogP contribution in [0.2, 0.25) is 0 Å². The van der Waals surface area contributed by atoms with Crippen LogP contribution in [0.3, 0.4) is 0 Å². The van der Waals surface area contributed by atoms with Gasteiger partial charge in [0.1, 0.15) is 5.82 Å². The summed E-state index contributed by atoms with van der Waals surface area (Å²) in [7, 11) is 0. The van der Waals surface area contributed by atoms with Gasteiger partial charge in [-0.2, -0.15) is 0 Å². The highest BCUT2D eigenvalue weighted by Gasteiger charge is 2.02. The zero-order valence-corrected chi connectivity index (χ0v) is 7.86. The van der Waals surface area contributed by atoms with Gasteiger partial charge in [0.05, 0.1) is 11.7 Å². The Kier molecular flexibility index (Phi) is 1.81. The molecule has 0 aliphatic heterocycles. The molecule has 0 fully saturated rings. The van der Waals surface area contributed by atoms with Gasteiger partial charge >= 0.3 is 0 Å². The van der Waals surface area contributed by atoms with E-state index in [1.165, 1.54) is 0 Å². The molecule has 2 rings (SSSR count). The number of rotatable bonds is 1. The number of aromatic nitrogens is 2. The summed E-state index contributed by atoms with van der Waals surface area (Å²) in [6.45, 7) is 3.96. The molecule has 2 N–H and O–H groups in total. The lowest BCUT2D eigenvalue weighted by Gasteiger charge is -2.06. The van der Waals surface area contributed by atoms with Gasteiger partial charge in [-0.1, -0.05) is 6.07 Å². The lowest BCUT2D eigenvalue weighted by Crippen LogP contribution is -2.06. The van der Waals surface area contributed by atoms with Crippen LogP contribution in [0.5, 0.6) is 0 Å². The molecule has 0 aromatic carbocycles. The van der Waals surface area contributed by atoms with Crippen LogP contribution < -0.4 is 5.73 Å². The van der Waals surface area contributed by atoms with E-state index in [2.05, 4.69) is 9.38 Å². The first-order valence-electron chi connectivity index (χ1n) is 4.37. The minimum absolute atomic E-state index is 0.0752. The van der Waals surface area contributed by atoms with Crippen molar-refractivity contribution in [3.05, 3.63) is 35.9 Å². The summed E-state index contributed by atoms with van der Waals surface area (Å²) in [5.74, 6) is 0.998. The molecule has 0 amide bonds.